The van der Waals surface area contributed by atoms with Crippen molar-refractivity contribution < 1.29 is 9.47 Å². The van der Waals surface area contributed by atoms with Crippen molar-refractivity contribution in [1.29, 1.82) is 0 Å². The zero-order valence-electron chi connectivity index (χ0n) is 17.0. The molecule has 0 aromatic carbocycles. The van der Waals surface area contributed by atoms with Crippen LogP contribution in [0.3, 0.4) is 0 Å². The molecule has 2 fully saturated rings. The third kappa shape index (κ3) is 4.54. The molecule has 0 amide bonds. The summed E-state index contributed by atoms with van der Waals surface area (Å²) in [6.45, 7) is 8.97. The lowest BCUT2D eigenvalue weighted by atomic mass is 10.1. The van der Waals surface area contributed by atoms with Gasteiger partial charge in [-0.2, -0.15) is 5.10 Å². The van der Waals surface area contributed by atoms with Crippen LogP contribution in [0.15, 0.2) is 24.4 Å². The molecule has 2 saturated heterocycles. The van der Waals surface area contributed by atoms with Crippen molar-refractivity contribution in [1.82, 2.24) is 19.7 Å². The highest BCUT2D eigenvalue weighted by Gasteiger charge is 2.25. The first-order chi connectivity index (χ1) is 13.7. The molecule has 2 aliphatic heterocycles. The molecule has 152 valence electrons. The van der Waals surface area contributed by atoms with Crippen LogP contribution in [0.5, 0.6) is 0 Å². The fourth-order valence-corrected chi connectivity index (χ4v) is 4.25. The van der Waals surface area contributed by atoms with E-state index in [0.717, 1.165) is 76.8 Å². The van der Waals surface area contributed by atoms with Gasteiger partial charge in [0.15, 0.2) is 0 Å². The van der Waals surface area contributed by atoms with E-state index in [-0.39, 0.29) is 0 Å². The number of nitrogens with zero attached hydrogens (tertiary/aromatic N) is 5. The second-order valence-corrected chi connectivity index (χ2v) is 7.74. The molecule has 0 aliphatic carbocycles. The minimum Gasteiger partial charge on any atom is -0.378 e. The number of hydrogen-bond acceptors (Lipinski definition) is 6. The van der Waals surface area contributed by atoms with Crippen LogP contribution >= 0.6 is 0 Å². The van der Waals surface area contributed by atoms with E-state index in [2.05, 4.69) is 33.8 Å². The summed E-state index contributed by atoms with van der Waals surface area (Å²) < 4.78 is 13.5. The van der Waals surface area contributed by atoms with E-state index in [1.54, 1.807) is 0 Å². The third-order valence-electron chi connectivity index (χ3n) is 5.60. The van der Waals surface area contributed by atoms with Gasteiger partial charge in [-0.25, -0.2) is 0 Å². The molecular formula is C21H31N5O2. The van der Waals surface area contributed by atoms with Gasteiger partial charge in [0, 0.05) is 58.1 Å². The predicted octanol–water partition coefficient (Wildman–Crippen LogP) is 2.14. The van der Waals surface area contributed by atoms with E-state index in [1.165, 1.54) is 11.4 Å². The van der Waals surface area contributed by atoms with Crippen molar-refractivity contribution in [3.05, 3.63) is 41.3 Å². The first-order valence-corrected chi connectivity index (χ1v) is 10.3. The van der Waals surface area contributed by atoms with Gasteiger partial charge >= 0.3 is 0 Å². The summed E-state index contributed by atoms with van der Waals surface area (Å²) in [5, 5.41) is 4.74. The number of hydrogen-bond donors (Lipinski definition) is 0. The van der Waals surface area contributed by atoms with Crippen LogP contribution in [0.25, 0.3) is 0 Å². The van der Waals surface area contributed by atoms with Gasteiger partial charge in [0.1, 0.15) is 5.82 Å². The standard InChI is InChI=1S/C21H31N5O2/c1-17-20(21(24(2)23-17)26-9-12-27-13-10-26)16-25(15-19-7-5-11-28-19)14-18-6-3-4-8-22-18/h3-4,6,8,19H,5,7,9-16H2,1-2H3/t19-/m1/s1. The van der Waals surface area contributed by atoms with Crippen molar-refractivity contribution >= 4 is 5.82 Å². The lowest BCUT2D eigenvalue weighted by Gasteiger charge is -2.31. The SMILES string of the molecule is Cc1nn(C)c(N2CCOCC2)c1CN(Cc1ccccn1)C[C@H]1CCCO1. The largest absolute Gasteiger partial charge is 0.378 e. The molecule has 0 radical (unpaired) electrons. The number of ether oxygens (including phenoxy) is 2. The van der Waals surface area contributed by atoms with E-state index in [9.17, 15) is 0 Å². The quantitative estimate of drug-likeness (QED) is 0.728. The number of aryl methyl sites for hydroxylation is 2. The number of aromatic nitrogens is 3. The summed E-state index contributed by atoms with van der Waals surface area (Å²) in [5.74, 6) is 1.22. The summed E-state index contributed by atoms with van der Waals surface area (Å²) in [6.07, 6.45) is 4.48. The topological polar surface area (TPSA) is 55.7 Å². The summed E-state index contributed by atoms with van der Waals surface area (Å²) in [4.78, 5) is 9.42. The maximum atomic E-state index is 5.93. The Bertz CT molecular complexity index is 752. The second-order valence-electron chi connectivity index (χ2n) is 7.74. The van der Waals surface area contributed by atoms with Gasteiger partial charge in [0.25, 0.3) is 0 Å². The van der Waals surface area contributed by atoms with Crippen LogP contribution in [0.2, 0.25) is 0 Å². The van der Waals surface area contributed by atoms with E-state index in [1.807, 2.05) is 24.0 Å². The average molecular weight is 386 g/mol. The van der Waals surface area contributed by atoms with Gasteiger partial charge in [0.2, 0.25) is 0 Å². The molecule has 28 heavy (non-hydrogen) atoms. The summed E-state index contributed by atoms with van der Waals surface area (Å²) in [7, 11) is 2.05. The minimum atomic E-state index is 0.313. The monoisotopic (exact) mass is 385 g/mol. The molecular weight excluding hydrogens is 354 g/mol. The molecule has 4 heterocycles. The molecule has 2 aromatic rings. The van der Waals surface area contributed by atoms with Gasteiger partial charge in [-0.05, 0) is 31.9 Å². The molecule has 0 spiro atoms. The Labute approximate surface area is 167 Å². The fraction of sp³-hybridized carbons (Fsp3) is 0.619. The first kappa shape index (κ1) is 19.4. The number of rotatable bonds is 7. The third-order valence-corrected chi connectivity index (χ3v) is 5.60. The van der Waals surface area contributed by atoms with Gasteiger partial charge in [-0.15, -0.1) is 0 Å². The van der Waals surface area contributed by atoms with Crippen LogP contribution in [0, 0.1) is 6.92 Å². The Morgan fingerprint density at radius 2 is 2.04 bits per heavy atom. The molecule has 0 bridgehead atoms. The molecule has 0 unspecified atom stereocenters. The van der Waals surface area contributed by atoms with Crippen molar-refractivity contribution in [2.45, 2.75) is 39.0 Å². The van der Waals surface area contributed by atoms with E-state index < -0.39 is 0 Å². The maximum Gasteiger partial charge on any atom is 0.131 e. The predicted molar refractivity (Wildman–Crippen MR) is 108 cm³/mol. The molecule has 7 nitrogen and oxygen atoms in total. The number of morpholine rings is 1. The maximum absolute atomic E-state index is 5.93. The normalized spacial score (nSPS) is 20.2. The summed E-state index contributed by atoms with van der Waals surface area (Å²) in [5.41, 5.74) is 3.50. The molecule has 0 N–H and O–H groups in total. The Morgan fingerprint density at radius 1 is 1.18 bits per heavy atom. The fourth-order valence-electron chi connectivity index (χ4n) is 4.25. The first-order valence-electron chi connectivity index (χ1n) is 10.3. The Balaban J connectivity index is 1.56. The second kappa shape index (κ2) is 9.03. The molecule has 0 saturated carbocycles. The lowest BCUT2D eigenvalue weighted by Crippen LogP contribution is -2.38. The number of anilines is 1. The lowest BCUT2D eigenvalue weighted by molar-refractivity contribution is 0.0674. The minimum absolute atomic E-state index is 0.313. The summed E-state index contributed by atoms with van der Waals surface area (Å²) in [6, 6.07) is 6.12. The van der Waals surface area contributed by atoms with Crippen molar-refractivity contribution in [3.63, 3.8) is 0 Å². The highest BCUT2D eigenvalue weighted by atomic mass is 16.5. The Hall–Kier alpha value is -1.96. The van der Waals surface area contributed by atoms with Crippen LogP contribution in [0.4, 0.5) is 5.82 Å². The Morgan fingerprint density at radius 3 is 2.75 bits per heavy atom. The van der Waals surface area contributed by atoms with Crippen LogP contribution in [-0.2, 0) is 29.6 Å². The molecule has 4 rings (SSSR count). The molecule has 7 heteroatoms. The van der Waals surface area contributed by atoms with Crippen molar-refractivity contribution in [2.24, 2.45) is 7.05 Å². The van der Waals surface area contributed by atoms with Gasteiger partial charge < -0.3 is 14.4 Å². The van der Waals surface area contributed by atoms with E-state index in [0.29, 0.717) is 6.10 Å². The molecule has 2 aliphatic rings. The molecule has 1 atom stereocenters. The van der Waals surface area contributed by atoms with E-state index >= 15 is 0 Å². The van der Waals surface area contributed by atoms with Crippen molar-refractivity contribution in [2.75, 3.05) is 44.4 Å². The molecule has 2 aromatic heterocycles. The summed E-state index contributed by atoms with van der Waals surface area (Å²) >= 11 is 0. The number of pyridine rings is 1. The van der Waals surface area contributed by atoms with Gasteiger partial charge in [-0.3, -0.25) is 14.6 Å². The van der Waals surface area contributed by atoms with Crippen LogP contribution in [-0.4, -0.2) is 65.2 Å². The smallest absolute Gasteiger partial charge is 0.131 e. The average Bonchev–Trinajstić information content (AvgIpc) is 3.31. The zero-order chi connectivity index (χ0) is 19.3. The van der Waals surface area contributed by atoms with Crippen LogP contribution < -0.4 is 4.90 Å². The van der Waals surface area contributed by atoms with E-state index in [4.69, 9.17) is 14.6 Å². The highest BCUT2D eigenvalue weighted by molar-refractivity contribution is 5.50. The Kier molecular flexibility index (Phi) is 6.24. The zero-order valence-corrected chi connectivity index (χ0v) is 17.0. The highest BCUT2D eigenvalue weighted by Crippen LogP contribution is 2.27. The van der Waals surface area contributed by atoms with Gasteiger partial charge in [-0.1, -0.05) is 6.07 Å². The van der Waals surface area contributed by atoms with Crippen LogP contribution in [0.1, 0.15) is 29.8 Å². The van der Waals surface area contributed by atoms with Gasteiger partial charge in [0.05, 0.1) is 30.7 Å². The van der Waals surface area contributed by atoms with Crippen molar-refractivity contribution in [3.8, 4) is 0 Å².